The molecule has 3 nitrogen and oxygen atoms in total. The first-order valence-corrected chi connectivity index (χ1v) is 7.97. The van der Waals surface area contributed by atoms with E-state index < -0.39 is 0 Å². The highest BCUT2D eigenvalue weighted by Gasteiger charge is 2.35. The van der Waals surface area contributed by atoms with Crippen LogP contribution in [-0.2, 0) is 4.79 Å². The summed E-state index contributed by atoms with van der Waals surface area (Å²) in [4.78, 5) is 14.3. The molecule has 2 saturated heterocycles. The van der Waals surface area contributed by atoms with Crippen LogP contribution in [0.1, 0.15) is 33.1 Å². The van der Waals surface area contributed by atoms with Crippen molar-refractivity contribution in [3.63, 3.8) is 0 Å². The number of amides is 1. The van der Waals surface area contributed by atoms with Crippen LogP contribution >= 0.6 is 11.8 Å². The molecular formula is C13H24N2OS. The highest BCUT2D eigenvalue weighted by atomic mass is 32.2. The molecule has 0 saturated carbocycles. The van der Waals surface area contributed by atoms with Gasteiger partial charge in [-0.25, -0.2) is 0 Å². The van der Waals surface area contributed by atoms with Crippen LogP contribution in [0.15, 0.2) is 0 Å². The number of rotatable bonds is 4. The maximum Gasteiger partial charge on any atom is 0.241 e. The molecule has 0 spiro atoms. The molecule has 0 aromatic carbocycles. The van der Waals surface area contributed by atoms with Crippen LogP contribution in [-0.4, -0.2) is 41.6 Å². The molecule has 17 heavy (non-hydrogen) atoms. The van der Waals surface area contributed by atoms with Gasteiger partial charge in [-0.05, 0) is 36.2 Å². The van der Waals surface area contributed by atoms with Gasteiger partial charge in [0.25, 0.3) is 0 Å². The van der Waals surface area contributed by atoms with Gasteiger partial charge in [0.05, 0.1) is 12.7 Å². The van der Waals surface area contributed by atoms with Gasteiger partial charge in [0.2, 0.25) is 5.91 Å². The second-order valence-corrected chi connectivity index (χ2v) is 6.57. The predicted molar refractivity (Wildman–Crippen MR) is 73.0 cm³/mol. The molecule has 2 unspecified atom stereocenters. The topological polar surface area (TPSA) is 32.3 Å². The predicted octanol–water partition coefficient (Wildman–Crippen LogP) is 1.93. The minimum atomic E-state index is 0.0676. The van der Waals surface area contributed by atoms with E-state index in [0.717, 1.165) is 25.6 Å². The molecule has 2 fully saturated rings. The second kappa shape index (κ2) is 6.10. The SMILES string of the molecule is CCC(C)C1NCN(CC2CCSCC2)C1=O. The van der Waals surface area contributed by atoms with Crippen molar-refractivity contribution in [3.8, 4) is 0 Å². The summed E-state index contributed by atoms with van der Waals surface area (Å²) in [6, 6.07) is 0.0676. The quantitative estimate of drug-likeness (QED) is 0.834. The van der Waals surface area contributed by atoms with Crippen molar-refractivity contribution < 1.29 is 4.79 Å². The third-order valence-corrected chi connectivity index (χ3v) is 5.16. The lowest BCUT2D eigenvalue weighted by atomic mass is 9.98. The summed E-state index contributed by atoms with van der Waals surface area (Å²) in [6.45, 7) is 6.05. The Morgan fingerprint density at radius 2 is 2.18 bits per heavy atom. The summed E-state index contributed by atoms with van der Waals surface area (Å²) < 4.78 is 0. The molecule has 2 atom stereocenters. The van der Waals surface area contributed by atoms with E-state index in [1.807, 2.05) is 16.7 Å². The van der Waals surface area contributed by atoms with E-state index in [0.29, 0.717) is 11.8 Å². The zero-order valence-electron chi connectivity index (χ0n) is 10.9. The average Bonchev–Trinajstić information content (AvgIpc) is 2.72. The van der Waals surface area contributed by atoms with Gasteiger partial charge in [0.15, 0.2) is 0 Å². The van der Waals surface area contributed by atoms with Gasteiger partial charge in [0.1, 0.15) is 0 Å². The van der Waals surface area contributed by atoms with Crippen LogP contribution in [0, 0.1) is 11.8 Å². The molecule has 0 radical (unpaired) electrons. The summed E-state index contributed by atoms with van der Waals surface area (Å²) in [5.74, 6) is 4.06. The number of carbonyl (C=O) groups is 1. The van der Waals surface area contributed by atoms with E-state index >= 15 is 0 Å². The maximum absolute atomic E-state index is 12.2. The lowest BCUT2D eigenvalue weighted by Crippen LogP contribution is -2.37. The van der Waals surface area contributed by atoms with Gasteiger partial charge in [0, 0.05) is 6.54 Å². The molecule has 0 bridgehead atoms. The molecule has 0 aromatic rings. The minimum absolute atomic E-state index is 0.0676. The fourth-order valence-corrected chi connectivity index (χ4v) is 3.85. The Kier molecular flexibility index (Phi) is 4.74. The first-order chi connectivity index (χ1) is 8.22. The second-order valence-electron chi connectivity index (χ2n) is 5.34. The van der Waals surface area contributed by atoms with Gasteiger partial charge in [-0.15, -0.1) is 0 Å². The highest BCUT2D eigenvalue weighted by Crippen LogP contribution is 2.25. The summed E-state index contributed by atoms with van der Waals surface area (Å²) in [6.07, 6.45) is 3.63. The largest absolute Gasteiger partial charge is 0.328 e. The highest BCUT2D eigenvalue weighted by molar-refractivity contribution is 7.99. The smallest absolute Gasteiger partial charge is 0.241 e. The van der Waals surface area contributed by atoms with Crippen LogP contribution in [0.2, 0.25) is 0 Å². The minimum Gasteiger partial charge on any atom is -0.328 e. The monoisotopic (exact) mass is 256 g/mol. The summed E-state index contributed by atoms with van der Waals surface area (Å²) in [7, 11) is 0. The lowest BCUT2D eigenvalue weighted by molar-refractivity contribution is -0.130. The van der Waals surface area contributed by atoms with E-state index in [-0.39, 0.29) is 6.04 Å². The number of hydrogen-bond donors (Lipinski definition) is 1. The van der Waals surface area contributed by atoms with Crippen molar-refractivity contribution in [1.82, 2.24) is 10.2 Å². The lowest BCUT2D eigenvalue weighted by Gasteiger charge is -2.26. The summed E-state index contributed by atoms with van der Waals surface area (Å²) in [5, 5.41) is 3.37. The Morgan fingerprint density at radius 1 is 1.47 bits per heavy atom. The third kappa shape index (κ3) is 3.16. The van der Waals surface area contributed by atoms with Crippen LogP contribution in [0.4, 0.5) is 0 Å². The van der Waals surface area contributed by atoms with Crippen molar-refractivity contribution in [2.75, 3.05) is 24.7 Å². The molecule has 4 heteroatoms. The van der Waals surface area contributed by atoms with Gasteiger partial charge in [-0.2, -0.15) is 11.8 Å². The maximum atomic E-state index is 12.2. The normalized spacial score (nSPS) is 28.7. The van der Waals surface area contributed by atoms with E-state index in [1.165, 1.54) is 24.3 Å². The van der Waals surface area contributed by atoms with Crippen molar-refractivity contribution in [1.29, 1.82) is 0 Å². The Labute approximate surface area is 109 Å². The van der Waals surface area contributed by atoms with Crippen LogP contribution in [0.25, 0.3) is 0 Å². The zero-order chi connectivity index (χ0) is 12.3. The molecule has 0 aliphatic carbocycles. The Morgan fingerprint density at radius 3 is 2.82 bits per heavy atom. The molecular weight excluding hydrogens is 232 g/mol. The first-order valence-electron chi connectivity index (χ1n) is 6.82. The van der Waals surface area contributed by atoms with Crippen LogP contribution in [0.5, 0.6) is 0 Å². The molecule has 2 heterocycles. The summed E-state index contributed by atoms with van der Waals surface area (Å²) >= 11 is 2.05. The Balaban J connectivity index is 1.84. The Hall–Kier alpha value is -0.220. The Bertz CT molecular complexity index is 266. The molecule has 1 N–H and O–H groups in total. The van der Waals surface area contributed by atoms with Gasteiger partial charge < -0.3 is 4.90 Å². The fraction of sp³-hybridized carbons (Fsp3) is 0.923. The van der Waals surface area contributed by atoms with Gasteiger partial charge in [-0.3, -0.25) is 10.1 Å². The van der Waals surface area contributed by atoms with Crippen molar-refractivity contribution in [3.05, 3.63) is 0 Å². The van der Waals surface area contributed by atoms with Crippen molar-refractivity contribution >= 4 is 17.7 Å². The third-order valence-electron chi connectivity index (χ3n) is 4.11. The van der Waals surface area contributed by atoms with E-state index in [4.69, 9.17) is 0 Å². The van der Waals surface area contributed by atoms with E-state index in [1.54, 1.807) is 0 Å². The fourth-order valence-electron chi connectivity index (χ4n) is 2.65. The van der Waals surface area contributed by atoms with Crippen LogP contribution in [0.3, 0.4) is 0 Å². The van der Waals surface area contributed by atoms with Crippen LogP contribution < -0.4 is 5.32 Å². The standard InChI is InChI=1S/C13H24N2OS/c1-3-10(2)12-13(16)15(9-14-12)8-11-4-6-17-7-5-11/h10-12,14H,3-9H2,1-2H3. The molecule has 2 aliphatic heterocycles. The number of thioether (sulfide) groups is 1. The van der Waals surface area contributed by atoms with Crippen molar-refractivity contribution in [2.24, 2.45) is 11.8 Å². The van der Waals surface area contributed by atoms with Crippen molar-refractivity contribution in [2.45, 2.75) is 39.2 Å². The zero-order valence-corrected chi connectivity index (χ0v) is 11.8. The van der Waals surface area contributed by atoms with E-state index in [2.05, 4.69) is 19.2 Å². The number of carbonyl (C=O) groups excluding carboxylic acids is 1. The van der Waals surface area contributed by atoms with E-state index in [9.17, 15) is 4.79 Å². The molecule has 1 amide bonds. The molecule has 98 valence electrons. The average molecular weight is 256 g/mol. The molecule has 0 aromatic heterocycles. The van der Waals surface area contributed by atoms with Gasteiger partial charge in [-0.1, -0.05) is 20.3 Å². The first kappa shape index (κ1) is 13.2. The number of hydrogen-bond acceptors (Lipinski definition) is 3. The number of nitrogens with one attached hydrogen (secondary N) is 1. The van der Waals surface area contributed by atoms with Gasteiger partial charge >= 0.3 is 0 Å². The molecule has 2 rings (SSSR count). The number of nitrogens with zero attached hydrogens (tertiary/aromatic N) is 1. The molecule has 2 aliphatic rings. The summed E-state index contributed by atoms with van der Waals surface area (Å²) in [5.41, 5.74) is 0.